The lowest BCUT2D eigenvalue weighted by Crippen LogP contribution is -1.96. The summed E-state index contributed by atoms with van der Waals surface area (Å²) in [6, 6.07) is 1.12. The molecule has 0 aliphatic carbocycles. The van der Waals surface area contributed by atoms with E-state index in [4.69, 9.17) is 63.1 Å². The Labute approximate surface area is 139 Å². The molecule has 0 unspecified atom stereocenters. The van der Waals surface area contributed by atoms with Crippen LogP contribution in [0, 0.1) is 5.82 Å². The van der Waals surface area contributed by atoms with Crippen LogP contribution in [-0.2, 0) is 6.61 Å². The third-order valence-corrected chi connectivity index (χ3v) is 4.80. The summed E-state index contributed by atoms with van der Waals surface area (Å²) in [5.74, 6) is -0.713. The number of aliphatic hydroxyl groups excluding tert-OH is 1. The second-order valence-corrected chi connectivity index (χ2v) is 5.67. The fourth-order valence-corrected chi connectivity index (χ4v) is 2.88. The monoisotopic (exact) mass is 373 g/mol. The largest absolute Gasteiger partial charge is 0.392 e. The van der Waals surface area contributed by atoms with Crippen LogP contribution < -0.4 is 0 Å². The first-order chi connectivity index (χ1) is 9.38. The van der Waals surface area contributed by atoms with E-state index >= 15 is 0 Å². The molecule has 1 heterocycles. The molecule has 0 spiro atoms. The van der Waals surface area contributed by atoms with Gasteiger partial charge in [0.1, 0.15) is 11.5 Å². The van der Waals surface area contributed by atoms with E-state index < -0.39 is 5.82 Å². The van der Waals surface area contributed by atoms with Crippen LogP contribution in [0.25, 0.3) is 11.3 Å². The highest BCUT2D eigenvalue weighted by atomic mass is 35.5. The molecule has 0 aliphatic heterocycles. The van der Waals surface area contributed by atoms with Crippen molar-refractivity contribution in [3.05, 3.63) is 48.8 Å². The number of aromatic nitrogens is 1. The van der Waals surface area contributed by atoms with E-state index in [0.717, 1.165) is 6.07 Å². The third kappa shape index (κ3) is 2.71. The van der Waals surface area contributed by atoms with E-state index in [1.165, 1.54) is 6.20 Å². The van der Waals surface area contributed by atoms with Gasteiger partial charge in [0.2, 0.25) is 0 Å². The van der Waals surface area contributed by atoms with Gasteiger partial charge in [-0.15, -0.1) is 0 Å². The van der Waals surface area contributed by atoms with Crippen molar-refractivity contribution in [2.24, 2.45) is 0 Å². The molecule has 106 valence electrons. The van der Waals surface area contributed by atoms with Crippen LogP contribution in [0.5, 0.6) is 0 Å². The Bertz CT molecular complexity index is 663. The second kappa shape index (κ2) is 6.22. The lowest BCUT2D eigenvalue weighted by molar-refractivity contribution is 0.280. The van der Waals surface area contributed by atoms with E-state index in [1.807, 2.05) is 0 Å². The van der Waals surface area contributed by atoms with Gasteiger partial charge < -0.3 is 5.11 Å². The quantitative estimate of drug-likeness (QED) is 0.544. The van der Waals surface area contributed by atoms with Gasteiger partial charge in [-0.3, -0.25) is 4.98 Å². The minimum atomic E-state index is -0.713. The van der Waals surface area contributed by atoms with Crippen molar-refractivity contribution in [1.29, 1.82) is 0 Å². The Hall–Kier alpha value is -0.290. The molecule has 1 aromatic heterocycles. The van der Waals surface area contributed by atoms with Gasteiger partial charge in [0.15, 0.2) is 0 Å². The number of nitrogens with zero attached hydrogens (tertiary/aromatic N) is 1. The zero-order valence-electron chi connectivity index (χ0n) is 9.52. The molecule has 0 bridgehead atoms. The minimum absolute atomic E-state index is 0.0144. The van der Waals surface area contributed by atoms with Crippen LogP contribution in [0.15, 0.2) is 12.3 Å². The molecule has 0 saturated heterocycles. The van der Waals surface area contributed by atoms with Crippen LogP contribution in [0.4, 0.5) is 4.39 Å². The van der Waals surface area contributed by atoms with Crippen LogP contribution in [0.1, 0.15) is 5.56 Å². The molecular formula is C12H5Cl5FNO. The third-order valence-electron chi connectivity index (χ3n) is 2.53. The number of halogens is 6. The van der Waals surface area contributed by atoms with Gasteiger partial charge >= 0.3 is 0 Å². The summed E-state index contributed by atoms with van der Waals surface area (Å²) in [4.78, 5) is 3.89. The SMILES string of the molecule is OCc1cnc(-c2c(Cl)c(Cl)c(Cl)c(Cl)c2Cl)c(F)c1. The van der Waals surface area contributed by atoms with E-state index in [9.17, 15) is 4.39 Å². The first-order valence-corrected chi connectivity index (χ1v) is 7.04. The summed E-state index contributed by atoms with van der Waals surface area (Å²) in [5, 5.41) is 8.76. The molecular weight excluding hydrogens is 370 g/mol. The summed E-state index contributed by atoms with van der Waals surface area (Å²) in [7, 11) is 0. The molecule has 0 amide bonds. The summed E-state index contributed by atoms with van der Waals surface area (Å²) in [6.45, 7) is -0.339. The molecule has 0 saturated carbocycles. The van der Waals surface area contributed by atoms with E-state index in [2.05, 4.69) is 4.98 Å². The molecule has 2 aromatic rings. The van der Waals surface area contributed by atoms with Crippen molar-refractivity contribution in [3.63, 3.8) is 0 Å². The fraction of sp³-hybridized carbons (Fsp3) is 0.0833. The molecule has 1 aromatic carbocycles. The number of benzene rings is 1. The lowest BCUT2D eigenvalue weighted by Gasteiger charge is -2.12. The molecule has 0 radical (unpaired) electrons. The van der Waals surface area contributed by atoms with Gasteiger partial charge in [0, 0.05) is 11.8 Å². The predicted octanol–water partition coefficient (Wildman–Crippen LogP) is 5.65. The van der Waals surface area contributed by atoms with E-state index in [0.29, 0.717) is 5.56 Å². The fourth-order valence-electron chi connectivity index (χ4n) is 1.56. The average molecular weight is 375 g/mol. The van der Waals surface area contributed by atoms with Gasteiger partial charge in [0.25, 0.3) is 0 Å². The van der Waals surface area contributed by atoms with Crippen molar-refractivity contribution in [2.45, 2.75) is 6.61 Å². The van der Waals surface area contributed by atoms with E-state index in [-0.39, 0.29) is 43.0 Å². The number of aliphatic hydroxyl groups is 1. The Balaban J connectivity index is 2.76. The maximum Gasteiger partial charge on any atom is 0.149 e. The molecule has 2 nitrogen and oxygen atoms in total. The maximum absolute atomic E-state index is 14.0. The summed E-state index contributed by atoms with van der Waals surface area (Å²) in [6.07, 6.45) is 1.29. The van der Waals surface area contributed by atoms with Gasteiger partial charge in [-0.2, -0.15) is 0 Å². The maximum atomic E-state index is 14.0. The number of hydrogen-bond donors (Lipinski definition) is 1. The Morgan fingerprint density at radius 1 is 0.950 bits per heavy atom. The Morgan fingerprint density at radius 2 is 1.45 bits per heavy atom. The molecule has 0 fully saturated rings. The predicted molar refractivity (Wildman–Crippen MR) is 80.6 cm³/mol. The first kappa shape index (κ1) is 16.1. The summed E-state index contributed by atoms with van der Waals surface area (Å²) in [5.41, 5.74) is 0.233. The van der Waals surface area contributed by atoms with Crippen molar-refractivity contribution in [3.8, 4) is 11.3 Å². The average Bonchev–Trinajstić information content (AvgIpc) is 2.44. The van der Waals surface area contributed by atoms with Crippen molar-refractivity contribution < 1.29 is 9.50 Å². The normalized spacial score (nSPS) is 10.9. The van der Waals surface area contributed by atoms with Crippen molar-refractivity contribution in [2.75, 3.05) is 0 Å². The van der Waals surface area contributed by atoms with Gasteiger partial charge in [-0.05, 0) is 11.6 Å². The minimum Gasteiger partial charge on any atom is -0.392 e. The molecule has 20 heavy (non-hydrogen) atoms. The molecule has 2 rings (SSSR count). The number of pyridine rings is 1. The topological polar surface area (TPSA) is 33.1 Å². The zero-order chi connectivity index (χ0) is 15.0. The standard InChI is InChI=1S/C12H5Cl5FNO/c13-7-6(8(14)10(16)11(17)9(7)15)12-5(18)1-4(3-20)2-19-12/h1-2,20H,3H2. The van der Waals surface area contributed by atoms with Gasteiger partial charge in [-0.1, -0.05) is 58.0 Å². The van der Waals surface area contributed by atoms with Crippen LogP contribution in [0.2, 0.25) is 25.1 Å². The number of hydrogen-bond acceptors (Lipinski definition) is 2. The van der Waals surface area contributed by atoms with Crippen molar-refractivity contribution in [1.82, 2.24) is 4.98 Å². The Kier molecular flexibility index (Phi) is 5.00. The molecule has 8 heteroatoms. The summed E-state index contributed by atoms with van der Waals surface area (Å²) >= 11 is 29.8. The Morgan fingerprint density at radius 3 is 1.90 bits per heavy atom. The van der Waals surface area contributed by atoms with Gasteiger partial charge in [-0.25, -0.2) is 4.39 Å². The van der Waals surface area contributed by atoms with Crippen molar-refractivity contribution >= 4 is 58.0 Å². The zero-order valence-corrected chi connectivity index (χ0v) is 13.3. The highest BCUT2D eigenvalue weighted by Crippen LogP contribution is 2.48. The van der Waals surface area contributed by atoms with Crippen LogP contribution >= 0.6 is 58.0 Å². The summed E-state index contributed by atoms with van der Waals surface area (Å²) < 4.78 is 14.0. The first-order valence-electron chi connectivity index (χ1n) is 5.15. The smallest absolute Gasteiger partial charge is 0.149 e. The van der Waals surface area contributed by atoms with Gasteiger partial charge in [0.05, 0.1) is 31.7 Å². The van der Waals surface area contributed by atoms with Crippen LogP contribution in [0.3, 0.4) is 0 Å². The highest BCUT2D eigenvalue weighted by molar-refractivity contribution is 6.56. The molecule has 1 N–H and O–H groups in total. The second-order valence-electron chi connectivity index (χ2n) is 3.78. The number of rotatable bonds is 2. The highest BCUT2D eigenvalue weighted by Gasteiger charge is 2.23. The lowest BCUT2D eigenvalue weighted by atomic mass is 10.1. The molecule has 0 atom stereocenters. The van der Waals surface area contributed by atoms with Crippen LogP contribution in [-0.4, -0.2) is 10.1 Å². The molecule has 0 aliphatic rings. The van der Waals surface area contributed by atoms with E-state index in [1.54, 1.807) is 0 Å².